The molecule has 0 bridgehead atoms. The van der Waals surface area contributed by atoms with Crippen molar-refractivity contribution in [3.8, 4) is 22.3 Å². The van der Waals surface area contributed by atoms with Crippen LogP contribution < -0.4 is 0 Å². The van der Waals surface area contributed by atoms with E-state index in [2.05, 4.69) is 6.92 Å². The van der Waals surface area contributed by atoms with Crippen molar-refractivity contribution >= 4 is 6.08 Å². The van der Waals surface area contributed by atoms with Crippen LogP contribution in [-0.2, 0) is 17.3 Å². The summed E-state index contributed by atoms with van der Waals surface area (Å²) in [5.41, 5.74) is 3.60. The van der Waals surface area contributed by atoms with Crippen LogP contribution in [-0.4, -0.2) is 6.10 Å². The Balaban J connectivity index is 1.18. The summed E-state index contributed by atoms with van der Waals surface area (Å²) < 4.78 is 79.2. The molecule has 0 radical (unpaired) electrons. The van der Waals surface area contributed by atoms with Crippen LogP contribution in [0.4, 0.5) is 22.0 Å². The van der Waals surface area contributed by atoms with Gasteiger partial charge in [0.1, 0.15) is 17.5 Å². The van der Waals surface area contributed by atoms with E-state index >= 15 is 4.39 Å². The first-order valence-electron chi connectivity index (χ1n) is 15.9. The van der Waals surface area contributed by atoms with Gasteiger partial charge in [-0.15, -0.1) is 0 Å². The minimum absolute atomic E-state index is 0.106. The van der Waals surface area contributed by atoms with Crippen LogP contribution >= 0.6 is 0 Å². The van der Waals surface area contributed by atoms with E-state index < -0.39 is 29.7 Å². The lowest BCUT2D eigenvalue weighted by Crippen LogP contribution is -2.29. The zero-order chi connectivity index (χ0) is 32.0. The fourth-order valence-electron chi connectivity index (χ4n) is 6.18. The van der Waals surface area contributed by atoms with Gasteiger partial charge in [-0.2, -0.15) is 8.78 Å². The number of rotatable bonds is 11. The van der Waals surface area contributed by atoms with E-state index in [0.29, 0.717) is 18.4 Å². The Kier molecular flexibility index (Phi) is 10.5. The highest BCUT2D eigenvalue weighted by molar-refractivity contribution is 5.72. The predicted octanol–water partition coefficient (Wildman–Crippen LogP) is 12.0. The van der Waals surface area contributed by atoms with Gasteiger partial charge in [0, 0.05) is 11.1 Å². The molecule has 1 aliphatic carbocycles. The zero-order valence-corrected chi connectivity index (χ0v) is 25.8. The van der Waals surface area contributed by atoms with Crippen LogP contribution in [0.1, 0.15) is 87.0 Å². The Morgan fingerprint density at radius 1 is 0.733 bits per heavy atom. The molecule has 1 nitrogen and oxygen atoms in total. The van der Waals surface area contributed by atoms with Gasteiger partial charge in [-0.1, -0.05) is 92.6 Å². The minimum Gasteiger partial charge on any atom is -0.313 e. The van der Waals surface area contributed by atoms with Crippen molar-refractivity contribution in [1.29, 1.82) is 0 Å². The summed E-state index contributed by atoms with van der Waals surface area (Å²) in [4.78, 5) is 0. The molecule has 4 aromatic carbocycles. The van der Waals surface area contributed by atoms with E-state index in [0.717, 1.165) is 67.3 Å². The largest absolute Gasteiger partial charge is 0.383 e. The molecule has 0 unspecified atom stereocenters. The van der Waals surface area contributed by atoms with Crippen molar-refractivity contribution in [3.63, 3.8) is 0 Å². The van der Waals surface area contributed by atoms with E-state index in [1.54, 1.807) is 31.2 Å². The molecule has 0 saturated heterocycles. The number of unbranched alkanes of at least 4 members (excludes halogenated alkanes) is 2. The number of ether oxygens (including phenoxy) is 1. The van der Waals surface area contributed by atoms with Gasteiger partial charge in [0.05, 0.1) is 11.7 Å². The van der Waals surface area contributed by atoms with Crippen LogP contribution in [0.2, 0.25) is 0 Å². The Labute approximate surface area is 262 Å². The number of hydrogen-bond donors (Lipinski definition) is 0. The molecule has 0 amide bonds. The molecule has 1 saturated carbocycles. The molecule has 1 fully saturated rings. The van der Waals surface area contributed by atoms with Gasteiger partial charge in [0.25, 0.3) is 0 Å². The zero-order valence-electron chi connectivity index (χ0n) is 25.8. The van der Waals surface area contributed by atoms with E-state index in [1.165, 1.54) is 30.3 Å². The molecule has 0 aromatic heterocycles. The van der Waals surface area contributed by atoms with Crippen LogP contribution in [0, 0.1) is 17.5 Å². The number of benzene rings is 4. The summed E-state index contributed by atoms with van der Waals surface area (Å²) in [5, 5.41) is 0. The van der Waals surface area contributed by atoms with Crippen molar-refractivity contribution in [2.24, 2.45) is 0 Å². The number of allylic oxidation sites excluding steroid dienone is 1. The Hall–Kier alpha value is -3.77. The van der Waals surface area contributed by atoms with Crippen LogP contribution in [0.15, 0.2) is 84.9 Å². The van der Waals surface area contributed by atoms with Crippen molar-refractivity contribution < 1.29 is 26.7 Å². The van der Waals surface area contributed by atoms with Crippen molar-refractivity contribution in [3.05, 3.63) is 125 Å². The highest BCUT2D eigenvalue weighted by Crippen LogP contribution is 2.40. The third kappa shape index (κ3) is 7.91. The summed E-state index contributed by atoms with van der Waals surface area (Å²) in [6, 6.07) is 21.2. The summed E-state index contributed by atoms with van der Waals surface area (Å²) >= 11 is 0. The van der Waals surface area contributed by atoms with Gasteiger partial charge in [0.15, 0.2) is 0 Å². The molecule has 6 heteroatoms. The Bertz CT molecular complexity index is 1580. The first-order chi connectivity index (χ1) is 21.7. The van der Waals surface area contributed by atoms with Crippen molar-refractivity contribution in [2.75, 3.05) is 0 Å². The number of hydrogen-bond acceptors (Lipinski definition) is 1. The van der Waals surface area contributed by atoms with E-state index in [-0.39, 0.29) is 28.2 Å². The fraction of sp³-hybridized carbons (Fsp3) is 0.333. The lowest BCUT2D eigenvalue weighted by atomic mass is 9.82. The normalized spacial score (nSPS) is 17.2. The molecule has 4 aromatic rings. The standard InChI is InChI=1S/C39H39F5O/c1-3-5-6-8-26-9-18-32(19-10-26)39(43,44)45-33-20-15-28(16-21-33)27-11-13-29(14-12-27)30-17-22-34(36(40)23-30)31-24-37(41)35(7-4-2)38(42)25-31/h4,7,9-14,17-19,22-25,28,33H,3,5-6,8,15-16,20-21H2,1-2H3/b7-4+. The van der Waals surface area contributed by atoms with Gasteiger partial charge < -0.3 is 4.74 Å². The SMILES string of the molecule is C/C=C/c1c(F)cc(-c2ccc(-c3ccc(C4CCC(OC(F)(F)c5ccc(CCCCC)cc5)CC4)cc3)cc2F)cc1F. The van der Waals surface area contributed by atoms with Crippen LogP contribution in [0.5, 0.6) is 0 Å². The predicted molar refractivity (Wildman–Crippen MR) is 172 cm³/mol. The van der Waals surface area contributed by atoms with Crippen LogP contribution in [0.3, 0.4) is 0 Å². The smallest absolute Gasteiger partial charge is 0.313 e. The van der Waals surface area contributed by atoms with Gasteiger partial charge >= 0.3 is 6.11 Å². The molecular formula is C39H39F5O. The summed E-state index contributed by atoms with van der Waals surface area (Å²) in [5.74, 6) is -1.85. The van der Waals surface area contributed by atoms with Gasteiger partial charge in [0.2, 0.25) is 0 Å². The van der Waals surface area contributed by atoms with Gasteiger partial charge in [-0.25, -0.2) is 13.2 Å². The molecule has 5 rings (SSSR count). The molecule has 0 aliphatic heterocycles. The fourth-order valence-corrected chi connectivity index (χ4v) is 6.18. The van der Waals surface area contributed by atoms with Crippen LogP contribution in [0.25, 0.3) is 28.3 Å². The second-order valence-electron chi connectivity index (χ2n) is 11.9. The summed E-state index contributed by atoms with van der Waals surface area (Å²) in [6.45, 7) is 3.80. The third-order valence-electron chi connectivity index (χ3n) is 8.76. The molecule has 0 N–H and O–H groups in total. The lowest BCUT2D eigenvalue weighted by molar-refractivity contribution is -0.277. The third-order valence-corrected chi connectivity index (χ3v) is 8.76. The molecule has 0 spiro atoms. The second-order valence-corrected chi connectivity index (χ2v) is 11.9. The highest BCUT2D eigenvalue weighted by atomic mass is 19.3. The Morgan fingerprint density at radius 3 is 1.96 bits per heavy atom. The number of halogens is 5. The molecule has 1 aliphatic rings. The highest BCUT2D eigenvalue weighted by Gasteiger charge is 2.37. The maximum absolute atomic E-state index is 15.1. The maximum atomic E-state index is 15.1. The average molecular weight is 619 g/mol. The summed E-state index contributed by atoms with van der Waals surface area (Å²) in [6.07, 6.45) is 5.80. The van der Waals surface area contributed by atoms with Gasteiger partial charge in [-0.3, -0.25) is 0 Å². The Morgan fingerprint density at radius 2 is 1.36 bits per heavy atom. The quantitative estimate of drug-likeness (QED) is 0.120. The topological polar surface area (TPSA) is 9.23 Å². The number of alkyl halides is 2. The average Bonchev–Trinajstić information content (AvgIpc) is 3.03. The van der Waals surface area contributed by atoms with E-state index in [1.807, 2.05) is 24.3 Å². The lowest BCUT2D eigenvalue weighted by Gasteiger charge is -2.31. The van der Waals surface area contributed by atoms with Crippen molar-refractivity contribution in [2.45, 2.75) is 83.3 Å². The molecular weight excluding hydrogens is 579 g/mol. The second kappa shape index (κ2) is 14.6. The number of aryl methyl sites for hydroxylation is 1. The molecule has 236 valence electrons. The van der Waals surface area contributed by atoms with Gasteiger partial charge in [-0.05, 0) is 97.4 Å². The maximum Gasteiger partial charge on any atom is 0.383 e. The molecule has 0 atom stereocenters. The minimum atomic E-state index is -3.33. The summed E-state index contributed by atoms with van der Waals surface area (Å²) in [7, 11) is 0. The van der Waals surface area contributed by atoms with Crippen molar-refractivity contribution in [1.82, 2.24) is 0 Å². The molecule has 45 heavy (non-hydrogen) atoms. The first kappa shape index (κ1) is 32.6. The first-order valence-corrected chi connectivity index (χ1v) is 15.9. The van der Waals surface area contributed by atoms with E-state index in [9.17, 15) is 17.6 Å². The van der Waals surface area contributed by atoms with E-state index in [4.69, 9.17) is 4.74 Å². The molecule has 0 heterocycles. The monoisotopic (exact) mass is 618 g/mol.